The number of nitrogens with one attached hydrogen (secondary N) is 1. The van der Waals surface area contributed by atoms with Gasteiger partial charge in [-0.3, -0.25) is 0 Å². The molecule has 2 rings (SSSR count). The molecule has 15 heavy (non-hydrogen) atoms. The van der Waals surface area contributed by atoms with E-state index in [1.165, 1.54) is 24.0 Å². The fraction of sp³-hybridized carbons (Fsp3) is 0.538. The van der Waals surface area contributed by atoms with E-state index in [0.29, 0.717) is 5.75 Å². The third kappa shape index (κ3) is 2.09. The number of phenols is 1. The lowest BCUT2D eigenvalue weighted by atomic mass is 9.90. The number of benzene rings is 1. The maximum Gasteiger partial charge on any atom is 0.142 e. The average Bonchev–Trinajstić information content (AvgIpc) is 2.29. The lowest BCUT2D eigenvalue weighted by molar-refractivity contribution is 0.464. The first-order valence-corrected chi connectivity index (χ1v) is 5.90. The second-order valence-corrected chi connectivity index (χ2v) is 4.23. The predicted molar refractivity (Wildman–Crippen MR) is 63.5 cm³/mol. The minimum Gasteiger partial charge on any atom is -0.505 e. The Kier molecular flexibility index (Phi) is 3.14. The Bertz CT molecular complexity index is 347. The summed E-state index contributed by atoms with van der Waals surface area (Å²) >= 11 is 0. The Hall–Kier alpha value is -1.18. The first-order valence-electron chi connectivity index (χ1n) is 5.90. The van der Waals surface area contributed by atoms with Crippen LogP contribution in [0.25, 0.3) is 0 Å². The highest BCUT2D eigenvalue weighted by Gasteiger charge is 2.15. The van der Waals surface area contributed by atoms with E-state index in [4.69, 9.17) is 0 Å². The first kappa shape index (κ1) is 10.3. The third-order valence-electron chi connectivity index (χ3n) is 3.07. The molecule has 0 bridgehead atoms. The molecule has 0 amide bonds. The lowest BCUT2D eigenvalue weighted by Gasteiger charge is -2.19. The summed E-state index contributed by atoms with van der Waals surface area (Å²) in [7, 11) is 0. The molecule has 82 valence electrons. The molecule has 0 aliphatic heterocycles. The Morgan fingerprint density at radius 2 is 2.07 bits per heavy atom. The number of rotatable bonds is 3. The highest BCUT2D eigenvalue weighted by molar-refractivity contribution is 5.62. The van der Waals surface area contributed by atoms with Crippen molar-refractivity contribution in [1.82, 2.24) is 0 Å². The van der Waals surface area contributed by atoms with Gasteiger partial charge in [0.15, 0.2) is 0 Å². The van der Waals surface area contributed by atoms with Crippen molar-refractivity contribution >= 4 is 5.69 Å². The van der Waals surface area contributed by atoms with E-state index in [1.54, 1.807) is 0 Å². The molecule has 0 saturated carbocycles. The van der Waals surface area contributed by atoms with E-state index < -0.39 is 0 Å². The van der Waals surface area contributed by atoms with Crippen LogP contribution in [0.2, 0.25) is 0 Å². The SMILES string of the molecule is CCCNc1ccc2c(c1O)CCCC2. The molecule has 1 aromatic carbocycles. The Morgan fingerprint density at radius 3 is 2.87 bits per heavy atom. The van der Waals surface area contributed by atoms with Crippen molar-refractivity contribution in [2.24, 2.45) is 0 Å². The van der Waals surface area contributed by atoms with Crippen molar-refractivity contribution in [2.45, 2.75) is 39.0 Å². The highest BCUT2D eigenvalue weighted by Crippen LogP contribution is 2.34. The summed E-state index contributed by atoms with van der Waals surface area (Å²) in [6.07, 6.45) is 5.70. The van der Waals surface area contributed by atoms with Gasteiger partial charge in [-0.1, -0.05) is 13.0 Å². The van der Waals surface area contributed by atoms with Gasteiger partial charge in [0.2, 0.25) is 0 Å². The van der Waals surface area contributed by atoms with Gasteiger partial charge in [0.25, 0.3) is 0 Å². The van der Waals surface area contributed by atoms with Crippen LogP contribution in [0.3, 0.4) is 0 Å². The number of fused-ring (bicyclic) bond motifs is 1. The number of hydrogen-bond donors (Lipinski definition) is 2. The number of aryl methyl sites for hydroxylation is 1. The van der Waals surface area contributed by atoms with Crippen LogP contribution in [0.5, 0.6) is 5.75 Å². The maximum atomic E-state index is 10.1. The zero-order valence-electron chi connectivity index (χ0n) is 9.34. The molecule has 2 nitrogen and oxygen atoms in total. The molecule has 2 N–H and O–H groups in total. The molecule has 2 heteroatoms. The summed E-state index contributed by atoms with van der Waals surface area (Å²) in [5.74, 6) is 0.487. The number of anilines is 1. The molecule has 1 aromatic rings. The number of hydrogen-bond acceptors (Lipinski definition) is 2. The largest absolute Gasteiger partial charge is 0.505 e. The van der Waals surface area contributed by atoms with Gasteiger partial charge in [0, 0.05) is 6.54 Å². The topological polar surface area (TPSA) is 32.3 Å². The molecular weight excluding hydrogens is 186 g/mol. The van der Waals surface area contributed by atoms with Gasteiger partial charge in [0.1, 0.15) is 5.75 Å². The maximum absolute atomic E-state index is 10.1. The summed E-state index contributed by atoms with van der Waals surface area (Å²) < 4.78 is 0. The van der Waals surface area contributed by atoms with E-state index in [1.807, 2.05) is 6.07 Å². The average molecular weight is 205 g/mol. The Labute approximate surface area is 91.3 Å². The predicted octanol–water partition coefficient (Wildman–Crippen LogP) is 3.09. The molecule has 0 aromatic heterocycles. The fourth-order valence-electron chi connectivity index (χ4n) is 2.21. The first-order chi connectivity index (χ1) is 7.33. The second-order valence-electron chi connectivity index (χ2n) is 4.23. The van der Waals surface area contributed by atoms with Crippen LogP contribution in [0, 0.1) is 0 Å². The van der Waals surface area contributed by atoms with E-state index in [2.05, 4.69) is 18.3 Å². The van der Waals surface area contributed by atoms with Crippen molar-refractivity contribution in [1.29, 1.82) is 0 Å². The van der Waals surface area contributed by atoms with E-state index >= 15 is 0 Å². The minimum absolute atomic E-state index is 0.487. The van der Waals surface area contributed by atoms with E-state index in [0.717, 1.165) is 31.5 Å². The molecular formula is C13H19NO. The zero-order valence-corrected chi connectivity index (χ0v) is 9.34. The fourth-order valence-corrected chi connectivity index (χ4v) is 2.21. The van der Waals surface area contributed by atoms with E-state index in [-0.39, 0.29) is 0 Å². The number of phenolic OH excluding ortho intramolecular Hbond substituents is 1. The van der Waals surface area contributed by atoms with Crippen LogP contribution in [-0.4, -0.2) is 11.7 Å². The van der Waals surface area contributed by atoms with Crippen molar-refractivity contribution in [3.8, 4) is 5.75 Å². The van der Waals surface area contributed by atoms with Gasteiger partial charge >= 0.3 is 0 Å². The van der Waals surface area contributed by atoms with Gasteiger partial charge in [0.05, 0.1) is 5.69 Å². The lowest BCUT2D eigenvalue weighted by Crippen LogP contribution is -2.06. The molecule has 0 heterocycles. The molecule has 0 radical (unpaired) electrons. The van der Waals surface area contributed by atoms with Gasteiger partial charge < -0.3 is 10.4 Å². The standard InChI is InChI=1S/C13H19NO/c1-2-9-14-12-8-7-10-5-3-4-6-11(10)13(12)15/h7-8,14-15H,2-6,9H2,1H3. The molecule has 1 aliphatic rings. The monoisotopic (exact) mass is 205 g/mol. The summed E-state index contributed by atoms with van der Waals surface area (Å²) in [4.78, 5) is 0. The molecule has 0 fully saturated rings. The summed E-state index contributed by atoms with van der Waals surface area (Å²) in [6, 6.07) is 4.17. The Balaban J connectivity index is 2.26. The van der Waals surface area contributed by atoms with Gasteiger partial charge in [-0.15, -0.1) is 0 Å². The summed E-state index contributed by atoms with van der Waals surface area (Å²) in [5, 5.41) is 13.4. The van der Waals surface area contributed by atoms with Crippen molar-refractivity contribution in [2.75, 3.05) is 11.9 Å². The van der Waals surface area contributed by atoms with Crippen LogP contribution < -0.4 is 5.32 Å². The van der Waals surface area contributed by atoms with Gasteiger partial charge in [-0.25, -0.2) is 0 Å². The van der Waals surface area contributed by atoms with Crippen molar-refractivity contribution in [3.63, 3.8) is 0 Å². The van der Waals surface area contributed by atoms with Crippen molar-refractivity contribution in [3.05, 3.63) is 23.3 Å². The normalized spacial score (nSPS) is 14.7. The van der Waals surface area contributed by atoms with E-state index in [9.17, 15) is 5.11 Å². The van der Waals surface area contributed by atoms with Crippen molar-refractivity contribution < 1.29 is 5.11 Å². The minimum atomic E-state index is 0.487. The summed E-state index contributed by atoms with van der Waals surface area (Å²) in [5.41, 5.74) is 3.40. The van der Waals surface area contributed by atoms with Crippen LogP contribution in [0.15, 0.2) is 12.1 Å². The molecule has 0 atom stereocenters. The Morgan fingerprint density at radius 1 is 1.27 bits per heavy atom. The number of aromatic hydroxyl groups is 1. The smallest absolute Gasteiger partial charge is 0.142 e. The van der Waals surface area contributed by atoms with Crippen LogP contribution >= 0.6 is 0 Å². The van der Waals surface area contributed by atoms with Gasteiger partial charge in [-0.2, -0.15) is 0 Å². The quantitative estimate of drug-likeness (QED) is 0.743. The van der Waals surface area contributed by atoms with Gasteiger partial charge in [-0.05, 0) is 49.3 Å². The van der Waals surface area contributed by atoms with Crippen LogP contribution in [0.1, 0.15) is 37.3 Å². The van der Waals surface area contributed by atoms with Crippen LogP contribution in [-0.2, 0) is 12.8 Å². The third-order valence-corrected chi connectivity index (χ3v) is 3.07. The second kappa shape index (κ2) is 4.56. The zero-order chi connectivity index (χ0) is 10.7. The van der Waals surface area contributed by atoms with Crippen LogP contribution in [0.4, 0.5) is 5.69 Å². The highest BCUT2D eigenvalue weighted by atomic mass is 16.3. The molecule has 0 saturated heterocycles. The molecule has 0 spiro atoms. The summed E-state index contributed by atoms with van der Waals surface area (Å²) in [6.45, 7) is 3.05. The molecule has 1 aliphatic carbocycles. The molecule has 0 unspecified atom stereocenters.